The van der Waals surface area contributed by atoms with Gasteiger partial charge in [-0.15, -0.1) is 0 Å². The van der Waals surface area contributed by atoms with Crippen LogP contribution in [0, 0.1) is 0 Å². The number of aliphatic hydroxyl groups excluding tert-OH is 1. The first kappa shape index (κ1) is 13.9. The Balaban J connectivity index is 2.87. The van der Waals surface area contributed by atoms with Gasteiger partial charge in [0.15, 0.2) is 0 Å². The van der Waals surface area contributed by atoms with Gasteiger partial charge < -0.3 is 19.5 Å². The molecule has 17 heavy (non-hydrogen) atoms. The van der Waals surface area contributed by atoms with E-state index in [4.69, 9.17) is 26.2 Å². The zero-order chi connectivity index (χ0) is 12.7. The van der Waals surface area contributed by atoms with Crippen LogP contribution in [0.4, 0.5) is 5.95 Å². The van der Waals surface area contributed by atoms with Crippen LogP contribution in [0.3, 0.4) is 0 Å². The molecule has 0 aromatic carbocycles. The summed E-state index contributed by atoms with van der Waals surface area (Å²) < 4.78 is 9.87. The van der Waals surface area contributed by atoms with Gasteiger partial charge in [0.05, 0.1) is 20.3 Å². The van der Waals surface area contributed by atoms with Gasteiger partial charge in [0.2, 0.25) is 11.2 Å². The number of nitrogens with zero attached hydrogens (tertiary/aromatic N) is 4. The van der Waals surface area contributed by atoms with Crippen molar-refractivity contribution < 1.29 is 14.6 Å². The van der Waals surface area contributed by atoms with Crippen molar-refractivity contribution >= 4 is 17.5 Å². The number of hydrogen-bond donors (Lipinski definition) is 1. The van der Waals surface area contributed by atoms with E-state index in [2.05, 4.69) is 15.0 Å². The minimum Gasteiger partial charge on any atom is -0.467 e. The average Bonchev–Trinajstić information content (AvgIpc) is 2.33. The summed E-state index contributed by atoms with van der Waals surface area (Å²) in [6.07, 6.45) is 0. The molecule has 1 N–H and O–H groups in total. The van der Waals surface area contributed by atoms with Gasteiger partial charge in [-0.3, -0.25) is 0 Å². The summed E-state index contributed by atoms with van der Waals surface area (Å²) in [5.41, 5.74) is 0. The second-order valence-electron chi connectivity index (χ2n) is 3.09. The maximum atomic E-state index is 8.98. The minimum absolute atomic E-state index is 0.0185. The highest BCUT2D eigenvalue weighted by atomic mass is 35.5. The molecule has 0 radical (unpaired) electrons. The van der Waals surface area contributed by atoms with Crippen molar-refractivity contribution in [1.82, 2.24) is 15.0 Å². The Bertz CT molecular complexity index is 353. The maximum absolute atomic E-state index is 8.98. The largest absolute Gasteiger partial charge is 0.467 e. The number of ether oxygens (including phenoxy) is 2. The molecule has 0 aliphatic carbocycles. The molecule has 0 aliphatic rings. The third-order valence-electron chi connectivity index (χ3n) is 1.98. The smallest absolute Gasteiger partial charge is 0.322 e. The number of rotatable bonds is 7. The van der Waals surface area contributed by atoms with Crippen molar-refractivity contribution in [3.63, 3.8) is 0 Å². The van der Waals surface area contributed by atoms with Gasteiger partial charge in [0.25, 0.3) is 0 Å². The SMILES string of the molecule is COCCN(CCO)c1nc(Cl)nc(OC)n1. The summed E-state index contributed by atoms with van der Waals surface area (Å²) in [5, 5.41) is 9.02. The number of halogens is 1. The van der Waals surface area contributed by atoms with Crippen molar-refractivity contribution in [2.45, 2.75) is 0 Å². The lowest BCUT2D eigenvalue weighted by atomic mass is 10.5. The van der Waals surface area contributed by atoms with Gasteiger partial charge in [-0.25, -0.2) is 0 Å². The van der Waals surface area contributed by atoms with Crippen LogP contribution in [0.25, 0.3) is 0 Å². The molecule has 7 nitrogen and oxygen atoms in total. The molecule has 8 heteroatoms. The molecule has 1 aromatic rings. The van der Waals surface area contributed by atoms with E-state index in [0.29, 0.717) is 25.6 Å². The predicted octanol–water partition coefficient (Wildman–Crippen LogP) is -0.0213. The maximum Gasteiger partial charge on any atom is 0.322 e. The third kappa shape index (κ3) is 4.29. The Morgan fingerprint density at radius 1 is 1.24 bits per heavy atom. The monoisotopic (exact) mass is 262 g/mol. The van der Waals surface area contributed by atoms with Crippen LogP contribution in [0.2, 0.25) is 5.28 Å². The molecule has 1 aromatic heterocycles. The topological polar surface area (TPSA) is 80.6 Å². The third-order valence-corrected chi connectivity index (χ3v) is 2.15. The number of hydrogen-bond acceptors (Lipinski definition) is 7. The Morgan fingerprint density at radius 3 is 2.59 bits per heavy atom. The van der Waals surface area contributed by atoms with E-state index in [0.717, 1.165) is 0 Å². The van der Waals surface area contributed by atoms with Crippen LogP contribution >= 0.6 is 11.6 Å². The lowest BCUT2D eigenvalue weighted by Gasteiger charge is -2.21. The van der Waals surface area contributed by atoms with Gasteiger partial charge in [0.1, 0.15) is 0 Å². The molecule has 0 amide bonds. The first-order valence-corrected chi connectivity index (χ1v) is 5.39. The Kier molecular flexibility index (Phi) is 5.88. The van der Waals surface area contributed by atoms with Crippen LogP contribution in [-0.2, 0) is 4.74 Å². The fourth-order valence-corrected chi connectivity index (χ4v) is 1.34. The summed E-state index contributed by atoms with van der Waals surface area (Å²) in [5.74, 6) is 0.355. The molecule has 0 bridgehead atoms. The normalized spacial score (nSPS) is 10.4. The van der Waals surface area contributed by atoms with E-state index in [1.807, 2.05) is 0 Å². The van der Waals surface area contributed by atoms with Crippen molar-refractivity contribution in [3.05, 3.63) is 5.28 Å². The lowest BCUT2D eigenvalue weighted by Crippen LogP contribution is -2.32. The fraction of sp³-hybridized carbons (Fsp3) is 0.667. The van der Waals surface area contributed by atoms with Crippen molar-refractivity contribution in [2.24, 2.45) is 0 Å². The van der Waals surface area contributed by atoms with E-state index in [9.17, 15) is 0 Å². The first-order valence-electron chi connectivity index (χ1n) is 5.01. The van der Waals surface area contributed by atoms with Gasteiger partial charge >= 0.3 is 6.01 Å². The van der Waals surface area contributed by atoms with Gasteiger partial charge in [-0.1, -0.05) is 0 Å². The molecule has 96 valence electrons. The van der Waals surface area contributed by atoms with Crippen molar-refractivity contribution in [1.29, 1.82) is 0 Å². The van der Waals surface area contributed by atoms with Crippen LogP contribution in [0.5, 0.6) is 6.01 Å². The number of methoxy groups -OCH3 is 2. The molecule has 0 aliphatic heterocycles. The summed E-state index contributed by atoms with van der Waals surface area (Å²) in [6.45, 7) is 1.40. The predicted molar refractivity (Wildman–Crippen MR) is 62.6 cm³/mol. The fourth-order valence-electron chi connectivity index (χ4n) is 1.19. The molecular weight excluding hydrogens is 248 g/mol. The zero-order valence-corrected chi connectivity index (χ0v) is 10.5. The highest BCUT2D eigenvalue weighted by molar-refractivity contribution is 6.28. The molecule has 0 atom stereocenters. The van der Waals surface area contributed by atoms with Gasteiger partial charge in [0, 0.05) is 20.2 Å². The number of aromatic nitrogens is 3. The molecule has 0 spiro atoms. The first-order chi connectivity index (χ1) is 8.21. The summed E-state index contributed by atoms with van der Waals surface area (Å²) in [4.78, 5) is 13.5. The summed E-state index contributed by atoms with van der Waals surface area (Å²) >= 11 is 5.74. The van der Waals surface area contributed by atoms with E-state index >= 15 is 0 Å². The Labute approximate surface area is 104 Å². The highest BCUT2D eigenvalue weighted by Gasteiger charge is 2.12. The molecule has 1 heterocycles. The van der Waals surface area contributed by atoms with Crippen molar-refractivity contribution in [3.8, 4) is 6.01 Å². The lowest BCUT2D eigenvalue weighted by molar-refractivity contribution is 0.202. The Morgan fingerprint density at radius 2 is 2.00 bits per heavy atom. The van der Waals surface area contributed by atoms with E-state index in [1.54, 1.807) is 12.0 Å². The minimum atomic E-state index is -0.0185. The molecule has 0 saturated carbocycles. The van der Waals surface area contributed by atoms with E-state index in [1.165, 1.54) is 7.11 Å². The van der Waals surface area contributed by atoms with E-state index in [-0.39, 0.29) is 17.9 Å². The zero-order valence-electron chi connectivity index (χ0n) is 9.76. The van der Waals surface area contributed by atoms with Gasteiger partial charge in [-0.2, -0.15) is 15.0 Å². The van der Waals surface area contributed by atoms with Crippen LogP contribution < -0.4 is 9.64 Å². The average molecular weight is 263 g/mol. The van der Waals surface area contributed by atoms with Crippen LogP contribution in [0.1, 0.15) is 0 Å². The number of aliphatic hydroxyl groups is 1. The summed E-state index contributed by atoms with van der Waals surface area (Å²) in [7, 11) is 3.04. The summed E-state index contributed by atoms with van der Waals surface area (Å²) in [6, 6.07) is 0.139. The quantitative estimate of drug-likeness (QED) is 0.739. The second kappa shape index (κ2) is 7.21. The van der Waals surface area contributed by atoms with Gasteiger partial charge in [-0.05, 0) is 11.6 Å². The van der Waals surface area contributed by atoms with Crippen molar-refractivity contribution in [2.75, 3.05) is 45.4 Å². The van der Waals surface area contributed by atoms with E-state index < -0.39 is 0 Å². The molecular formula is C9H15ClN4O3. The van der Waals surface area contributed by atoms with Crippen LogP contribution in [-0.4, -0.2) is 60.6 Å². The highest BCUT2D eigenvalue weighted by Crippen LogP contribution is 2.14. The molecule has 0 unspecified atom stereocenters. The standard InChI is InChI=1S/C9H15ClN4O3/c1-16-6-4-14(3-5-15)8-11-7(10)12-9(13-8)17-2/h15H,3-6H2,1-2H3. The second-order valence-corrected chi connectivity index (χ2v) is 3.43. The number of anilines is 1. The molecule has 1 rings (SSSR count). The molecule has 0 saturated heterocycles. The Hall–Kier alpha value is -1.18. The van der Waals surface area contributed by atoms with Crippen LogP contribution in [0.15, 0.2) is 0 Å². The molecule has 0 fully saturated rings.